The predicted octanol–water partition coefficient (Wildman–Crippen LogP) is 3.13. The number of carbonyl (C=O) groups is 2. The molecule has 1 aromatic rings. The Balaban J connectivity index is 2.72. The maximum absolute atomic E-state index is 11.9. The molecule has 2 N–H and O–H groups in total. The van der Waals surface area contributed by atoms with Gasteiger partial charge in [0.1, 0.15) is 0 Å². The summed E-state index contributed by atoms with van der Waals surface area (Å²) in [6.45, 7) is 5.76. The van der Waals surface area contributed by atoms with Gasteiger partial charge in [-0.2, -0.15) is 0 Å². The van der Waals surface area contributed by atoms with Gasteiger partial charge < -0.3 is 10.4 Å². The summed E-state index contributed by atoms with van der Waals surface area (Å²) in [6, 6.07) is 5.77. The van der Waals surface area contributed by atoms with Gasteiger partial charge in [0.15, 0.2) is 0 Å². The SMILES string of the molecule is CCCC(CC(=O)Nc1c(C)cccc1C)C(=O)O. The summed E-state index contributed by atoms with van der Waals surface area (Å²) < 4.78 is 0. The second kappa shape index (κ2) is 6.92. The van der Waals surface area contributed by atoms with E-state index >= 15 is 0 Å². The van der Waals surface area contributed by atoms with Crippen LogP contribution in [0.3, 0.4) is 0 Å². The van der Waals surface area contributed by atoms with Crippen LogP contribution in [0.2, 0.25) is 0 Å². The largest absolute Gasteiger partial charge is 0.481 e. The number of amides is 1. The first-order chi connectivity index (χ1) is 8.95. The van der Waals surface area contributed by atoms with Crippen LogP contribution in [0, 0.1) is 19.8 Å². The highest BCUT2D eigenvalue weighted by Gasteiger charge is 2.20. The van der Waals surface area contributed by atoms with Crippen LogP contribution in [-0.4, -0.2) is 17.0 Å². The van der Waals surface area contributed by atoms with E-state index in [9.17, 15) is 9.59 Å². The van der Waals surface area contributed by atoms with Crippen molar-refractivity contribution in [1.29, 1.82) is 0 Å². The molecule has 0 heterocycles. The summed E-state index contributed by atoms with van der Waals surface area (Å²) in [6.07, 6.45) is 1.31. The number of carbonyl (C=O) groups excluding carboxylic acids is 1. The number of rotatable bonds is 6. The Labute approximate surface area is 113 Å². The third-order valence-corrected chi connectivity index (χ3v) is 3.16. The summed E-state index contributed by atoms with van der Waals surface area (Å²) >= 11 is 0. The van der Waals surface area contributed by atoms with Crippen LogP contribution in [0.15, 0.2) is 18.2 Å². The van der Waals surface area contributed by atoms with Crippen LogP contribution in [0.5, 0.6) is 0 Å². The van der Waals surface area contributed by atoms with Gasteiger partial charge in [0.2, 0.25) is 5.91 Å². The smallest absolute Gasteiger partial charge is 0.307 e. The minimum absolute atomic E-state index is 0.0247. The first-order valence-corrected chi connectivity index (χ1v) is 6.54. The highest BCUT2D eigenvalue weighted by molar-refractivity contribution is 5.94. The number of benzene rings is 1. The van der Waals surface area contributed by atoms with E-state index in [0.29, 0.717) is 6.42 Å². The molecule has 4 heteroatoms. The molecule has 1 rings (SSSR count). The second-order valence-electron chi connectivity index (χ2n) is 4.84. The molecule has 0 spiro atoms. The zero-order chi connectivity index (χ0) is 14.4. The maximum atomic E-state index is 11.9. The van der Waals surface area contributed by atoms with Gasteiger partial charge in [-0.15, -0.1) is 0 Å². The lowest BCUT2D eigenvalue weighted by atomic mass is 9.99. The highest BCUT2D eigenvalue weighted by Crippen LogP contribution is 2.21. The number of carboxylic acids is 1. The highest BCUT2D eigenvalue weighted by atomic mass is 16.4. The second-order valence-corrected chi connectivity index (χ2v) is 4.84. The first kappa shape index (κ1) is 15.2. The lowest BCUT2D eigenvalue weighted by Gasteiger charge is -2.14. The van der Waals surface area contributed by atoms with Gasteiger partial charge in [0.05, 0.1) is 5.92 Å². The van der Waals surface area contributed by atoms with Crippen molar-refractivity contribution in [3.8, 4) is 0 Å². The van der Waals surface area contributed by atoms with Crippen LogP contribution in [-0.2, 0) is 9.59 Å². The van der Waals surface area contributed by atoms with E-state index in [2.05, 4.69) is 5.32 Å². The van der Waals surface area contributed by atoms with Gasteiger partial charge >= 0.3 is 5.97 Å². The van der Waals surface area contributed by atoms with Crippen molar-refractivity contribution in [3.05, 3.63) is 29.3 Å². The predicted molar refractivity (Wildman–Crippen MR) is 75.2 cm³/mol. The van der Waals surface area contributed by atoms with Crippen molar-refractivity contribution in [1.82, 2.24) is 0 Å². The number of carboxylic acid groups (broad SMARTS) is 1. The molecule has 0 radical (unpaired) electrons. The fourth-order valence-electron chi connectivity index (χ4n) is 2.09. The Bertz CT molecular complexity index is 448. The minimum atomic E-state index is -0.904. The Morgan fingerprint density at radius 2 is 1.84 bits per heavy atom. The van der Waals surface area contributed by atoms with Gasteiger partial charge in [-0.3, -0.25) is 9.59 Å². The summed E-state index contributed by atoms with van der Waals surface area (Å²) in [4.78, 5) is 23.0. The van der Waals surface area contributed by atoms with Crippen molar-refractivity contribution in [2.45, 2.75) is 40.0 Å². The van der Waals surface area contributed by atoms with Crippen molar-refractivity contribution < 1.29 is 14.7 Å². The van der Waals surface area contributed by atoms with Crippen LogP contribution in [0.25, 0.3) is 0 Å². The van der Waals surface area contributed by atoms with E-state index in [4.69, 9.17) is 5.11 Å². The zero-order valence-electron chi connectivity index (χ0n) is 11.7. The normalized spacial score (nSPS) is 11.9. The maximum Gasteiger partial charge on any atom is 0.307 e. The molecule has 1 aromatic carbocycles. The summed E-state index contributed by atoms with van der Waals surface area (Å²) in [5.41, 5.74) is 2.75. The number of anilines is 1. The van der Waals surface area contributed by atoms with Crippen LogP contribution < -0.4 is 5.32 Å². The summed E-state index contributed by atoms with van der Waals surface area (Å²) in [5, 5.41) is 11.9. The van der Waals surface area contributed by atoms with Crippen LogP contribution >= 0.6 is 0 Å². The molecule has 1 amide bonds. The topological polar surface area (TPSA) is 66.4 Å². The number of nitrogens with one attached hydrogen (secondary N) is 1. The number of aliphatic carboxylic acids is 1. The van der Waals surface area contributed by atoms with Crippen LogP contribution in [0.1, 0.15) is 37.3 Å². The number of para-hydroxylation sites is 1. The van der Waals surface area contributed by atoms with Gasteiger partial charge in [-0.1, -0.05) is 31.5 Å². The monoisotopic (exact) mass is 263 g/mol. The third kappa shape index (κ3) is 4.39. The quantitative estimate of drug-likeness (QED) is 0.828. The van der Waals surface area contributed by atoms with E-state index in [-0.39, 0.29) is 12.3 Å². The lowest BCUT2D eigenvalue weighted by molar-refractivity contribution is -0.143. The molecule has 0 aliphatic rings. The minimum Gasteiger partial charge on any atom is -0.481 e. The Morgan fingerprint density at radius 3 is 2.32 bits per heavy atom. The lowest BCUT2D eigenvalue weighted by Crippen LogP contribution is -2.22. The average molecular weight is 263 g/mol. The molecule has 0 aliphatic carbocycles. The van der Waals surface area contributed by atoms with E-state index in [0.717, 1.165) is 23.2 Å². The molecule has 1 unspecified atom stereocenters. The molecular weight excluding hydrogens is 242 g/mol. The van der Waals surface area contributed by atoms with Gasteiger partial charge in [0, 0.05) is 12.1 Å². The van der Waals surface area contributed by atoms with E-state index < -0.39 is 11.9 Å². The molecule has 1 atom stereocenters. The number of hydrogen-bond acceptors (Lipinski definition) is 2. The van der Waals surface area contributed by atoms with Crippen molar-refractivity contribution in [2.75, 3.05) is 5.32 Å². The van der Waals surface area contributed by atoms with Crippen LogP contribution in [0.4, 0.5) is 5.69 Å². The fourth-order valence-corrected chi connectivity index (χ4v) is 2.09. The van der Waals surface area contributed by atoms with Gasteiger partial charge in [-0.05, 0) is 31.4 Å². The molecule has 19 heavy (non-hydrogen) atoms. The Morgan fingerprint density at radius 1 is 1.26 bits per heavy atom. The summed E-state index contributed by atoms with van der Waals surface area (Å²) in [5.74, 6) is -1.74. The molecule has 0 bridgehead atoms. The van der Waals surface area contributed by atoms with E-state index in [1.165, 1.54) is 0 Å². The molecule has 0 aliphatic heterocycles. The molecule has 0 aromatic heterocycles. The van der Waals surface area contributed by atoms with Gasteiger partial charge in [0.25, 0.3) is 0 Å². The fraction of sp³-hybridized carbons (Fsp3) is 0.467. The molecule has 0 saturated heterocycles. The molecule has 0 fully saturated rings. The van der Waals surface area contributed by atoms with Crippen molar-refractivity contribution in [2.24, 2.45) is 5.92 Å². The number of aryl methyl sites for hydroxylation is 2. The molecule has 4 nitrogen and oxygen atoms in total. The van der Waals surface area contributed by atoms with Crippen molar-refractivity contribution in [3.63, 3.8) is 0 Å². The molecule has 0 saturated carbocycles. The first-order valence-electron chi connectivity index (χ1n) is 6.54. The number of hydrogen-bond donors (Lipinski definition) is 2. The standard InChI is InChI=1S/C15H21NO3/c1-4-6-12(15(18)19)9-13(17)16-14-10(2)7-5-8-11(14)3/h5,7-8,12H,4,6,9H2,1-3H3,(H,16,17)(H,18,19). The van der Waals surface area contributed by atoms with Crippen molar-refractivity contribution >= 4 is 17.6 Å². The third-order valence-electron chi connectivity index (χ3n) is 3.16. The van der Waals surface area contributed by atoms with E-state index in [1.807, 2.05) is 39.0 Å². The Hall–Kier alpha value is -1.84. The van der Waals surface area contributed by atoms with E-state index in [1.54, 1.807) is 0 Å². The average Bonchev–Trinajstić information content (AvgIpc) is 2.33. The van der Waals surface area contributed by atoms with Gasteiger partial charge in [-0.25, -0.2) is 0 Å². The molecular formula is C15H21NO3. The molecule has 104 valence electrons. The Kier molecular flexibility index (Phi) is 5.55. The zero-order valence-corrected chi connectivity index (χ0v) is 11.7. The summed E-state index contributed by atoms with van der Waals surface area (Å²) in [7, 11) is 0.